The largest absolute Gasteiger partial charge is 0.444 e. The topological polar surface area (TPSA) is 38.8 Å². The molecule has 4 nitrogen and oxygen atoms in total. The van der Waals surface area contributed by atoms with E-state index < -0.39 is 13.9 Å². The van der Waals surface area contributed by atoms with Crippen molar-refractivity contribution in [1.82, 2.24) is 4.90 Å². The SMILES string of the molecule is CCCC/C=C/C=C/[C@@H]1CCC[C@@H]2[C@H]1C[C@H](O[Si](C)(C)C(C)(C)C)[C@H](C)N2C(=O)OC(C)(C)C. The number of allylic oxidation sites excluding steroid dienone is 4. The quantitative estimate of drug-likeness (QED) is 0.203. The Morgan fingerprint density at radius 2 is 1.76 bits per heavy atom. The molecule has 2 aliphatic rings. The molecular formula is C29H53NO3Si. The summed E-state index contributed by atoms with van der Waals surface area (Å²) >= 11 is 0. The Bertz CT molecular complexity index is 716. The molecule has 0 aromatic rings. The van der Waals surface area contributed by atoms with Crippen LogP contribution < -0.4 is 0 Å². The maximum absolute atomic E-state index is 13.5. The molecule has 1 heterocycles. The fraction of sp³-hybridized carbons (Fsp3) is 0.828. The Labute approximate surface area is 211 Å². The number of ether oxygens (including phenoxy) is 1. The van der Waals surface area contributed by atoms with Gasteiger partial charge in [-0.05, 0) is 83.3 Å². The maximum atomic E-state index is 13.5. The zero-order chi connectivity index (χ0) is 25.7. The molecule has 5 heteroatoms. The molecule has 1 amide bonds. The van der Waals surface area contributed by atoms with Crippen LogP contribution in [-0.4, -0.2) is 43.1 Å². The first-order valence-electron chi connectivity index (χ1n) is 13.7. The van der Waals surface area contributed by atoms with Gasteiger partial charge in [-0.25, -0.2) is 4.79 Å². The first kappa shape index (κ1) is 29.2. The van der Waals surface area contributed by atoms with Crippen LogP contribution in [0.15, 0.2) is 24.3 Å². The van der Waals surface area contributed by atoms with Crippen LogP contribution in [0.25, 0.3) is 0 Å². The Morgan fingerprint density at radius 1 is 1.09 bits per heavy atom. The minimum absolute atomic E-state index is 0.0156. The van der Waals surface area contributed by atoms with E-state index in [-0.39, 0.29) is 29.3 Å². The van der Waals surface area contributed by atoms with Gasteiger partial charge in [-0.15, -0.1) is 0 Å². The molecule has 34 heavy (non-hydrogen) atoms. The van der Waals surface area contributed by atoms with E-state index >= 15 is 0 Å². The van der Waals surface area contributed by atoms with Gasteiger partial charge in [0.1, 0.15) is 5.60 Å². The van der Waals surface area contributed by atoms with Gasteiger partial charge in [-0.3, -0.25) is 4.90 Å². The van der Waals surface area contributed by atoms with Crippen LogP contribution in [0, 0.1) is 11.8 Å². The van der Waals surface area contributed by atoms with Crippen molar-refractivity contribution in [2.75, 3.05) is 0 Å². The van der Waals surface area contributed by atoms with Crippen molar-refractivity contribution in [2.45, 2.75) is 142 Å². The molecule has 2 fully saturated rings. The molecule has 0 N–H and O–H groups in total. The number of piperidine rings is 1. The lowest BCUT2D eigenvalue weighted by molar-refractivity contribution is -0.0718. The van der Waals surface area contributed by atoms with E-state index in [1.165, 1.54) is 19.3 Å². The van der Waals surface area contributed by atoms with Crippen molar-refractivity contribution < 1.29 is 14.0 Å². The highest BCUT2D eigenvalue weighted by atomic mass is 28.4. The standard InChI is InChI=1S/C29H53NO3Si/c1-11-12-13-14-15-16-18-23-19-17-20-25-24(23)21-26(33-34(9,10)29(6,7)8)22(2)30(25)27(31)32-28(3,4)5/h14-16,18,22-26H,11-13,17,19-21H2,1-10H3/b15-14+,18-16+/t22-,23+,24-,25+,26-/m0/s1. The van der Waals surface area contributed by atoms with Crippen LogP contribution in [0.2, 0.25) is 18.1 Å². The van der Waals surface area contributed by atoms with E-state index in [4.69, 9.17) is 9.16 Å². The minimum Gasteiger partial charge on any atom is -0.444 e. The van der Waals surface area contributed by atoms with Gasteiger partial charge in [0.15, 0.2) is 8.32 Å². The number of likely N-dealkylation sites (tertiary alicyclic amines) is 1. The zero-order valence-electron chi connectivity index (χ0n) is 23.8. The molecule has 0 radical (unpaired) electrons. The predicted molar refractivity (Wildman–Crippen MR) is 147 cm³/mol. The van der Waals surface area contributed by atoms with Gasteiger partial charge in [0.05, 0.1) is 12.1 Å². The van der Waals surface area contributed by atoms with Crippen molar-refractivity contribution in [2.24, 2.45) is 11.8 Å². The third kappa shape index (κ3) is 7.71. The third-order valence-electron chi connectivity index (χ3n) is 8.11. The fourth-order valence-corrected chi connectivity index (χ4v) is 6.56. The van der Waals surface area contributed by atoms with E-state index in [1.807, 2.05) is 20.8 Å². The van der Waals surface area contributed by atoms with Crippen molar-refractivity contribution in [1.29, 1.82) is 0 Å². The van der Waals surface area contributed by atoms with Gasteiger partial charge in [-0.1, -0.05) is 71.3 Å². The number of carbonyl (C=O) groups is 1. The molecule has 1 saturated carbocycles. The van der Waals surface area contributed by atoms with E-state index in [2.05, 4.69) is 76.9 Å². The minimum atomic E-state index is -1.98. The number of fused-ring (bicyclic) bond motifs is 1. The Kier molecular flexibility index (Phi) is 10.1. The molecule has 1 aliphatic heterocycles. The molecule has 1 aliphatic carbocycles. The third-order valence-corrected chi connectivity index (χ3v) is 12.6. The molecule has 196 valence electrons. The second kappa shape index (κ2) is 11.8. The monoisotopic (exact) mass is 491 g/mol. The molecule has 0 aromatic carbocycles. The molecule has 1 saturated heterocycles. The second-order valence-electron chi connectivity index (χ2n) is 13.1. The Morgan fingerprint density at radius 3 is 2.35 bits per heavy atom. The highest BCUT2D eigenvalue weighted by Gasteiger charge is 2.50. The summed E-state index contributed by atoms with van der Waals surface area (Å²) < 4.78 is 12.9. The molecule has 0 aromatic heterocycles. The van der Waals surface area contributed by atoms with Gasteiger partial charge >= 0.3 is 6.09 Å². The van der Waals surface area contributed by atoms with Gasteiger partial charge in [-0.2, -0.15) is 0 Å². The number of hydrogen-bond donors (Lipinski definition) is 0. The summed E-state index contributed by atoms with van der Waals surface area (Å²) in [5.74, 6) is 0.880. The molecule has 0 bridgehead atoms. The first-order valence-corrected chi connectivity index (χ1v) is 16.6. The van der Waals surface area contributed by atoms with Crippen LogP contribution >= 0.6 is 0 Å². The smallest absolute Gasteiger partial charge is 0.410 e. The zero-order valence-corrected chi connectivity index (χ0v) is 24.8. The second-order valence-corrected chi connectivity index (χ2v) is 17.8. The molecule has 0 unspecified atom stereocenters. The predicted octanol–water partition coefficient (Wildman–Crippen LogP) is 8.49. The summed E-state index contributed by atoms with van der Waals surface area (Å²) in [6.07, 6.45) is 17.0. The Balaban J connectivity index is 2.32. The number of nitrogens with zero attached hydrogens (tertiary/aromatic N) is 1. The van der Waals surface area contributed by atoms with Gasteiger partial charge in [0.2, 0.25) is 0 Å². The van der Waals surface area contributed by atoms with Crippen molar-refractivity contribution in [3.63, 3.8) is 0 Å². The normalized spacial score (nSPS) is 29.0. The van der Waals surface area contributed by atoms with E-state index in [1.54, 1.807) is 0 Å². The summed E-state index contributed by atoms with van der Waals surface area (Å²) in [6, 6.07) is 0.235. The maximum Gasteiger partial charge on any atom is 0.410 e. The summed E-state index contributed by atoms with van der Waals surface area (Å²) in [6.45, 7) is 21.8. The summed E-state index contributed by atoms with van der Waals surface area (Å²) in [5, 5.41) is 0.134. The van der Waals surface area contributed by atoms with Gasteiger partial charge < -0.3 is 9.16 Å². The van der Waals surface area contributed by atoms with Crippen molar-refractivity contribution >= 4 is 14.4 Å². The molecule has 5 atom stereocenters. The van der Waals surface area contributed by atoms with Gasteiger partial charge in [0.25, 0.3) is 0 Å². The van der Waals surface area contributed by atoms with Crippen LogP contribution in [0.1, 0.15) is 100 Å². The summed E-state index contributed by atoms with van der Waals surface area (Å²) in [4.78, 5) is 15.5. The number of hydrogen-bond acceptors (Lipinski definition) is 3. The highest BCUT2D eigenvalue weighted by Crippen LogP contribution is 2.46. The lowest BCUT2D eigenvalue weighted by Crippen LogP contribution is -2.63. The number of unbranched alkanes of at least 4 members (excludes halogenated alkanes) is 2. The number of amides is 1. The lowest BCUT2D eigenvalue weighted by atomic mass is 9.69. The summed E-state index contributed by atoms with van der Waals surface area (Å²) in [7, 11) is -1.98. The van der Waals surface area contributed by atoms with Gasteiger partial charge in [0, 0.05) is 6.04 Å². The van der Waals surface area contributed by atoms with Crippen LogP contribution in [0.4, 0.5) is 4.79 Å². The van der Waals surface area contributed by atoms with Crippen molar-refractivity contribution in [3.8, 4) is 0 Å². The average Bonchev–Trinajstić information content (AvgIpc) is 2.69. The number of rotatable bonds is 7. The first-order chi connectivity index (χ1) is 15.7. The molecule has 2 rings (SSSR count). The van der Waals surface area contributed by atoms with Crippen molar-refractivity contribution in [3.05, 3.63) is 24.3 Å². The van der Waals surface area contributed by atoms with Crippen LogP contribution in [-0.2, 0) is 9.16 Å². The lowest BCUT2D eigenvalue weighted by Gasteiger charge is -2.54. The van der Waals surface area contributed by atoms with Crippen LogP contribution in [0.5, 0.6) is 0 Å². The van der Waals surface area contributed by atoms with E-state index in [0.717, 1.165) is 25.7 Å². The molecular weight excluding hydrogens is 438 g/mol. The molecule has 0 spiro atoms. The number of carbonyl (C=O) groups excluding carboxylic acids is 1. The van der Waals surface area contributed by atoms with Crippen LogP contribution in [0.3, 0.4) is 0 Å². The Hall–Kier alpha value is -1.07. The summed E-state index contributed by atoms with van der Waals surface area (Å²) in [5.41, 5.74) is -0.503. The average molecular weight is 492 g/mol. The van der Waals surface area contributed by atoms with E-state index in [0.29, 0.717) is 11.8 Å². The van der Waals surface area contributed by atoms with E-state index in [9.17, 15) is 4.79 Å². The fourth-order valence-electron chi connectivity index (χ4n) is 5.16. The highest BCUT2D eigenvalue weighted by molar-refractivity contribution is 6.74.